The smallest absolute Gasteiger partial charge is 0.00249 e. The number of hydrogen-bond acceptors (Lipinski definition) is 2. The minimum Gasteiger partial charge on any atom is -0.316 e. The van der Waals surface area contributed by atoms with Crippen LogP contribution < -0.4 is 5.32 Å². The highest BCUT2D eigenvalue weighted by Gasteiger charge is 2.27. The van der Waals surface area contributed by atoms with Crippen molar-refractivity contribution in [2.24, 2.45) is 17.8 Å². The zero-order valence-electron chi connectivity index (χ0n) is 10.3. The normalized spacial score (nSPS) is 38.4. The molecular formula is C13H26N2. The lowest BCUT2D eigenvalue weighted by Gasteiger charge is -2.34. The summed E-state index contributed by atoms with van der Waals surface area (Å²) in [4.78, 5) is 2.71. The summed E-state index contributed by atoms with van der Waals surface area (Å²) < 4.78 is 0. The van der Waals surface area contributed by atoms with E-state index in [2.05, 4.69) is 24.1 Å². The fourth-order valence-electron chi connectivity index (χ4n) is 3.09. The van der Waals surface area contributed by atoms with Crippen molar-refractivity contribution in [2.75, 3.05) is 32.7 Å². The van der Waals surface area contributed by atoms with Crippen LogP contribution in [0.15, 0.2) is 0 Å². The van der Waals surface area contributed by atoms with Gasteiger partial charge in [0, 0.05) is 13.1 Å². The lowest BCUT2D eigenvalue weighted by molar-refractivity contribution is 0.143. The fraction of sp³-hybridized carbons (Fsp3) is 1.00. The topological polar surface area (TPSA) is 15.3 Å². The van der Waals surface area contributed by atoms with Crippen LogP contribution in [0.2, 0.25) is 0 Å². The predicted molar refractivity (Wildman–Crippen MR) is 65.0 cm³/mol. The van der Waals surface area contributed by atoms with Crippen LogP contribution in [-0.2, 0) is 0 Å². The number of piperidine rings is 1. The van der Waals surface area contributed by atoms with E-state index in [9.17, 15) is 0 Å². The van der Waals surface area contributed by atoms with Gasteiger partial charge >= 0.3 is 0 Å². The van der Waals surface area contributed by atoms with Gasteiger partial charge in [-0.25, -0.2) is 0 Å². The van der Waals surface area contributed by atoms with E-state index < -0.39 is 0 Å². The highest BCUT2D eigenvalue weighted by Crippen LogP contribution is 2.23. The van der Waals surface area contributed by atoms with Crippen LogP contribution in [0.1, 0.15) is 33.1 Å². The van der Waals surface area contributed by atoms with Gasteiger partial charge in [-0.05, 0) is 50.2 Å². The summed E-state index contributed by atoms with van der Waals surface area (Å²) in [5.41, 5.74) is 0. The Morgan fingerprint density at radius 2 is 2.20 bits per heavy atom. The maximum Gasteiger partial charge on any atom is 0.00249 e. The molecule has 15 heavy (non-hydrogen) atoms. The molecule has 0 saturated carbocycles. The molecule has 1 N–H and O–H groups in total. The van der Waals surface area contributed by atoms with Crippen LogP contribution in [0, 0.1) is 17.8 Å². The van der Waals surface area contributed by atoms with Gasteiger partial charge in [0.2, 0.25) is 0 Å². The van der Waals surface area contributed by atoms with Crippen molar-refractivity contribution in [2.45, 2.75) is 33.1 Å². The highest BCUT2D eigenvalue weighted by atomic mass is 15.1. The highest BCUT2D eigenvalue weighted by molar-refractivity contribution is 4.82. The molecule has 2 fully saturated rings. The molecular weight excluding hydrogens is 184 g/mol. The second-order valence-electron chi connectivity index (χ2n) is 5.57. The summed E-state index contributed by atoms with van der Waals surface area (Å²) in [5, 5.41) is 3.51. The van der Waals surface area contributed by atoms with Crippen molar-refractivity contribution >= 4 is 0 Å². The first kappa shape index (κ1) is 11.4. The molecule has 1 unspecified atom stereocenters. The lowest BCUT2D eigenvalue weighted by atomic mass is 9.92. The first-order valence-corrected chi connectivity index (χ1v) is 6.72. The van der Waals surface area contributed by atoms with E-state index >= 15 is 0 Å². The van der Waals surface area contributed by atoms with Crippen molar-refractivity contribution in [1.29, 1.82) is 0 Å². The molecule has 0 aromatic carbocycles. The number of nitrogens with one attached hydrogen (secondary N) is 1. The monoisotopic (exact) mass is 210 g/mol. The van der Waals surface area contributed by atoms with Crippen LogP contribution in [0.3, 0.4) is 0 Å². The second kappa shape index (κ2) is 5.31. The Balaban J connectivity index is 1.78. The Kier molecular flexibility index (Phi) is 4.04. The summed E-state index contributed by atoms with van der Waals surface area (Å²) in [6.07, 6.45) is 4.26. The quantitative estimate of drug-likeness (QED) is 0.766. The van der Waals surface area contributed by atoms with Gasteiger partial charge in [0.05, 0.1) is 0 Å². The molecule has 0 radical (unpaired) electrons. The molecule has 2 aliphatic rings. The molecule has 0 bridgehead atoms. The number of nitrogens with zero attached hydrogens (tertiary/aromatic N) is 1. The van der Waals surface area contributed by atoms with E-state index in [-0.39, 0.29) is 0 Å². The number of rotatable bonds is 3. The minimum atomic E-state index is 0.881. The SMILES string of the molecule is CCC1CCCN(C[C@@H]2CNC[C@H]2C)C1. The maximum atomic E-state index is 3.51. The third-order valence-electron chi connectivity index (χ3n) is 4.35. The van der Waals surface area contributed by atoms with E-state index in [0.717, 1.165) is 17.8 Å². The van der Waals surface area contributed by atoms with Crippen LogP contribution >= 0.6 is 0 Å². The molecule has 88 valence electrons. The van der Waals surface area contributed by atoms with Gasteiger partial charge in [-0.2, -0.15) is 0 Å². The third-order valence-corrected chi connectivity index (χ3v) is 4.35. The van der Waals surface area contributed by atoms with Crippen LogP contribution in [0.5, 0.6) is 0 Å². The second-order valence-corrected chi connectivity index (χ2v) is 5.57. The molecule has 0 spiro atoms. The molecule has 2 nitrogen and oxygen atoms in total. The van der Waals surface area contributed by atoms with E-state index in [1.807, 2.05) is 0 Å². The Hall–Kier alpha value is -0.0800. The first-order valence-electron chi connectivity index (χ1n) is 6.72. The summed E-state index contributed by atoms with van der Waals surface area (Å²) in [6.45, 7) is 11.3. The van der Waals surface area contributed by atoms with E-state index in [4.69, 9.17) is 0 Å². The number of hydrogen-bond donors (Lipinski definition) is 1. The van der Waals surface area contributed by atoms with Crippen molar-refractivity contribution in [3.63, 3.8) is 0 Å². The molecule has 2 aliphatic heterocycles. The average Bonchev–Trinajstić information content (AvgIpc) is 2.65. The summed E-state index contributed by atoms with van der Waals surface area (Å²) in [7, 11) is 0. The predicted octanol–water partition coefficient (Wildman–Crippen LogP) is 1.96. The summed E-state index contributed by atoms with van der Waals surface area (Å²) >= 11 is 0. The van der Waals surface area contributed by atoms with Crippen molar-refractivity contribution in [3.8, 4) is 0 Å². The standard InChI is InChI=1S/C13H26N2/c1-3-12-5-4-6-15(9-12)10-13-8-14-7-11(13)2/h11-14H,3-10H2,1-2H3/t11-,12?,13+/m1/s1. The van der Waals surface area contributed by atoms with Gasteiger partial charge in [-0.15, -0.1) is 0 Å². The molecule has 0 aromatic rings. The Labute approximate surface area is 94.4 Å². The molecule has 2 heteroatoms. The fourth-order valence-corrected chi connectivity index (χ4v) is 3.09. The van der Waals surface area contributed by atoms with Gasteiger partial charge in [0.1, 0.15) is 0 Å². The molecule has 0 amide bonds. The first-order chi connectivity index (χ1) is 7.29. The summed E-state index contributed by atoms with van der Waals surface area (Å²) in [5.74, 6) is 2.76. The molecule has 0 aromatic heterocycles. The van der Waals surface area contributed by atoms with Crippen LogP contribution in [0.25, 0.3) is 0 Å². The molecule has 2 heterocycles. The van der Waals surface area contributed by atoms with E-state index in [0.29, 0.717) is 0 Å². The molecule has 0 aliphatic carbocycles. The van der Waals surface area contributed by atoms with Gasteiger partial charge in [-0.3, -0.25) is 0 Å². The molecule has 2 rings (SSSR count). The minimum absolute atomic E-state index is 0.881. The Morgan fingerprint density at radius 1 is 1.33 bits per heavy atom. The zero-order valence-corrected chi connectivity index (χ0v) is 10.3. The van der Waals surface area contributed by atoms with Crippen LogP contribution in [0.4, 0.5) is 0 Å². The average molecular weight is 210 g/mol. The van der Waals surface area contributed by atoms with Crippen LogP contribution in [-0.4, -0.2) is 37.6 Å². The summed E-state index contributed by atoms with van der Waals surface area (Å²) in [6, 6.07) is 0. The van der Waals surface area contributed by atoms with Gasteiger partial charge in [0.15, 0.2) is 0 Å². The van der Waals surface area contributed by atoms with E-state index in [1.165, 1.54) is 52.0 Å². The van der Waals surface area contributed by atoms with Gasteiger partial charge in [0.25, 0.3) is 0 Å². The van der Waals surface area contributed by atoms with E-state index in [1.54, 1.807) is 0 Å². The molecule has 2 saturated heterocycles. The Morgan fingerprint density at radius 3 is 2.87 bits per heavy atom. The van der Waals surface area contributed by atoms with Crippen molar-refractivity contribution < 1.29 is 0 Å². The maximum absolute atomic E-state index is 3.51. The largest absolute Gasteiger partial charge is 0.316 e. The van der Waals surface area contributed by atoms with Crippen molar-refractivity contribution in [1.82, 2.24) is 10.2 Å². The van der Waals surface area contributed by atoms with Gasteiger partial charge in [-0.1, -0.05) is 20.3 Å². The third kappa shape index (κ3) is 2.94. The zero-order chi connectivity index (χ0) is 10.7. The molecule has 3 atom stereocenters. The Bertz CT molecular complexity index is 193. The lowest BCUT2D eigenvalue weighted by Crippen LogP contribution is -2.39. The van der Waals surface area contributed by atoms with Crippen molar-refractivity contribution in [3.05, 3.63) is 0 Å². The number of likely N-dealkylation sites (tertiary alicyclic amines) is 1. The van der Waals surface area contributed by atoms with Gasteiger partial charge < -0.3 is 10.2 Å².